The maximum Gasteiger partial charge on any atom is 0 e. The van der Waals surface area contributed by atoms with E-state index in [0.717, 1.165) is 6.54 Å². The van der Waals surface area contributed by atoms with Gasteiger partial charge < -0.3 is 20.1 Å². The Labute approximate surface area is 113 Å². The number of rotatable bonds is 2. The Bertz CT molecular complexity index is 17.6. The van der Waals surface area contributed by atoms with E-state index in [1.54, 1.807) is 6.92 Å². The molecule has 0 saturated heterocycles. The maximum atomic E-state index is 5.14. The van der Waals surface area contributed by atoms with Gasteiger partial charge in [0.2, 0.25) is 0 Å². The van der Waals surface area contributed by atoms with Crippen molar-refractivity contribution < 1.29 is 32.7 Å². The molecule has 0 aromatic rings. The van der Waals surface area contributed by atoms with Crippen molar-refractivity contribution >= 4 is 0 Å². The molecule has 0 aliphatic rings. The smallest absolute Gasteiger partial charge is 0 e. The van der Waals surface area contributed by atoms with E-state index in [4.69, 9.17) is 5.73 Å². The second kappa shape index (κ2) is 115. The zero-order chi connectivity index (χ0) is 10.1. The van der Waals surface area contributed by atoms with E-state index < -0.39 is 0 Å². The summed E-state index contributed by atoms with van der Waals surface area (Å²) < 4.78 is 0. The molecule has 0 aromatic carbocycles. The molecule has 85 valence electrons. The Hall–Kier alpha value is 1.06. The fourth-order valence-corrected chi connectivity index (χ4v) is 0.204. The van der Waals surface area contributed by atoms with Crippen LogP contribution >= 0.6 is 0 Å². The van der Waals surface area contributed by atoms with E-state index >= 15 is 0 Å². The van der Waals surface area contributed by atoms with Gasteiger partial charge in [-0.2, -0.15) is 6.92 Å². The molecule has 0 saturated carbocycles. The van der Waals surface area contributed by atoms with Crippen LogP contribution in [0.2, 0.25) is 0 Å². The van der Waals surface area contributed by atoms with E-state index in [1.807, 2.05) is 27.7 Å². The Kier molecular flexibility index (Phi) is 327. The van der Waals surface area contributed by atoms with Gasteiger partial charge in [-0.25, -0.2) is 0 Å². The number of unbranched alkanes of at least 4 members (excludes halogenated alkanes) is 1. The minimum absolute atomic E-state index is 0. The van der Waals surface area contributed by atoms with Gasteiger partial charge >= 0.3 is 0 Å². The molecule has 0 aliphatic carbocycles. The van der Waals surface area contributed by atoms with Gasteiger partial charge in [0, 0.05) is 32.7 Å². The molecule has 0 fully saturated rings. The standard InChI is InChI=1S/C4H11N.2C2H6.C2H5.CH3.Y/c1-2-3-4-5;3*1-2;;/h2-5H2,1H3;2*1-2H3;1H2,2H3;1H3;/q;;;2*-1;. The molecule has 2 N–H and O–H groups in total. The zero-order valence-electron chi connectivity index (χ0n) is 11.0. The minimum Gasteiger partial charge on any atom is -0.358 e. The summed E-state index contributed by atoms with van der Waals surface area (Å²) in [6.45, 7) is 16.0. The number of hydrogen-bond donors (Lipinski definition) is 1. The number of hydrogen-bond acceptors (Lipinski definition) is 1. The molecule has 1 nitrogen and oxygen atoms in total. The summed E-state index contributed by atoms with van der Waals surface area (Å²) in [7, 11) is 0. The molecule has 2 heteroatoms. The first-order valence-electron chi connectivity index (χ1n) is 4.82. The predicted octanol–water partition coefficient (Wildman–Crippen LogP) is 4.09. The zero-order valence-corrected chi connectivity index (χ0v) is 13.8. The second-order valence-corrected chi connectivity index (χ2v) is 1.14. The van der Waals surface area contributed by atoms with Gasteiger partial charge in [0.25, 0.3) is 0 Å². The van der Waals surface area contributed by atoms with Crippen molar-refractivity contribution in [1.29, 1.82) is 0 Å². The van der Waals surface area contributed by atoms with Gasteiger partial charge in [-0.15, -0.1) is 0 Å². The third kappa shape index (κ3) is 170. The summed E-state index contributed by atoms with van der Waals surface area (Å²) in [6.07, 6.45) is 2.39. The molecule has 0 atom stereocenters. The van der Waals surface area contributed by atoms with Gasteiger partial charge in [-0.1, -0.05) is 41.0 Å². The Morgan fingerprint density at radius 3 is 1.23 bits per heavy atom. The third-order valence-corrected chi connectivity index (χ3v) is 0.558. The topological polar surface area (TPSA) is 26.0 Å². The minimum atomic E-state index is 0. The third-order valence-electron chi connectivity index (χ3n) is 0.558. The van der Waals surface area contributed by atoms with Crippen molar-refractivity contribution in [2.45, 2.75) is 54.4 Å². The summed E-state index contributed by atoms with van der Waals surface area (Å²) >= 11 is 0. The summed E-state index contributed by atoms with van der Waals surface area (Å²) in [5.74, 6) is 0. The maximum absolute atomic E-state index is 5.14. The Morgan fingerprint density at radius 2 is 1.23 bits per heavy atom. The monoisotopic (exact) mass is 266 g/mol. The van der Waals surface area contributed by atoms with E-state index in [0.29, 0.717) is 0 Å². The van der Waals surface area contributed by atoms with Crippen molar-refractivity contribution in [3.05, 3.63) is 14.4 Å². The molecule has 1 radical (unpaired) electrons. The average Bonchev–Trinajstić information content (AvgIpc) is 2.16. The second-order valence-electron chi connectivity index (χ2n) is 1.14. The summed E-state index contributed by atoms with van der Waals surface area (Å²) in [4.78, 5) is 0. The van der Waals surface area contributed by atoms with Crippen molar-refractivity contribution in [2.24, 2.45) is 5.73 Å². The largest absolute Gasteiger partial charge is 0.358 e. The molecule has 0 spiro atoms. The van der Waals surface area contributed by atoms with Crippen LogP contribution in [0.4, 0.5) is 0 Å². The molecular weight excluding hydrogens is 235 g/mol. The van der Waals surface area contributed by atoms with Crippen molar-refractivity contribution in [3.63, 3.8) is 0 Å². The predicted molar refractivity (Wildman–Crippen MR) is 64.1 cm³/mol. The normalized spacial score (nSPS) is 4.62. The molecule has 0 aliphatic heterocycles. The first kappa shape index (κ1) is 36.9. The fourth-order valence-electron chi connectivity index (χ4n) is 0.204. The SMILES string of the molecule is CC.CC.CCCCN.[CH2-]C.[CH3-].[Y]. The first-order valence-corrected chi connectivity index (χ1v) is 4.82. The molecule has 0 heterocycles. The Morgan fingerprint density at radius 1 is 1.00 bits per heavy atom. The van der Waals surface area contributed by atoms with Crippen LogP contribution < -0.4 is 5.73 Å². The van der Waals surface area contributed by atoms with Gasteiger partial charge in [0.1, 0.15) is 0 Å². The molecule has 0 bridgehead atoms. The van der Waals surface area contributed by atoms with Gasteiger partial charge in [-0.3, -0.25) is 0 Å². The van der Waals surface area contributed by atoms with E-state index in [1.165, 1.54) is 12.8 Å². The molecule has 0 rings (SSSR count). The van der Waals surface area contributed by atoms with Crippen molar-refractivity contribution in [3.8, 4) is 0 Å². The van der Waals surface area contributed by atoms with Crippen molar-refractivity contribution in [1.82, 2.24) is 0 Å². The number of nitrogens with two attached hydrogens (primary N) is 1. The van der Waals surface area contributed by atoms with Gasteiger partial charge in [0.15, 0.2) is 0 Å². The van der Waals surface area contributed by atoms with Crippen LogP contribution in [0, 0.1) is 14.4 Å². The van der Waals surface area contributed by atoms with Crippen LogP contribution in [0.3, 0.4) is 0 Å². The van der Waals surface area contributed by atoms with Crippen molar-refractivity contribution in [2.75, 3.05) is 6.54 Å². The molecule has 0 aromatic heterocycles. The van der Waals surface area contributed by atoms with E-state index in [2.05, 4.69) is 13.8 Å². The van der Waals surface area contributed by atoms with Crippen LogP contribution in [0.1, 0.15) is 54.4 Å². The summed E-state index contributed by atoms with van der Waals surface area (Å²) in [5, 5.41) is 0. The summed E-state index contributed by atoms with van der Waals surface area (Å²) in [5.41, 5.74) is 5.14. The van der Waals surface area contributed by atoms with Gasteiger partial charge in [0.05, 0.1) is 0 Å². The Balaban J connectivity index is -0.0000000135. The molecule has 13 heavy (non-hydrogen) atoms. The fraction of sp³-hybridized carbons (Fsp3) is 0.818. The van der Waals surface area contributed by atoms with Crippen LogP contribution in [0.15, 0.2) is 0 Å². The first-order chi connectivity index (χ1) is 5.41. The van der Waals surface area contributed by atoms with Crippen LogP contribution in [-0.4, -0.2) is 6.54 Å². The van der Waals surface area contributed by atoms with E-state index in [9.17, 15) is 0 Å². The average molecular weight is 266 g/mol. The summed E-state index contributed by atoms with van der Waals surface area (Å²) in [6, 6.07) is 0. The molecular formula is C11H31NY-2. The molecule has 0 amide bonds. The van der Waals surface area contributed by atoms with Gasteiger partial charge in [-0.05, 0) is 13.0 Å². The van der Waals surface area contributed by atoms with E-state index in [-0.39, 0.29) is 40.1 Å². The van der Waals surface area contributed by atoms with Crippen LogP contribution in [-0.2, 0) is 32.7 Å². The quantitative estimate of drug-likeness (QED) is 0.749. The van der Waals surface area contributed by atoms with Crippen LogP contribution in [0.25, 0.3) is 0 Å². The van der Waals surface area contributed by atoms with Crippen LogP contribution in [0.5, 0.6) is 0 Å². The molecule has 0 unspecified atom stereocenters.